The second-order valence-corrected chi connectivity index (χ2v) is 5.55. The molecule has 1 heterocycles. The molecule has 0 aromatic heterocycles. The van der Waals surface area contributed by atoms with Crippen LogP contribution in [0.4, 0.5) is 0 Å². The number of para-hydroxylation sites is 1. The van der Waals surface area contributed by atoms with Gasteiger partial charge in [0.25, 0.3) is 0 Å². The fourth-order valence-electron chi connectivity index (χ4n) is 2.67. The molecule has 0 bridgehead atoms. The van der Waals surface area contributed by atoms with Crippen LogP contribution >= 0.6 is 0 Å². The van der Waals surface area contributed by atoms with Crippen LogP contribution in [-0.4, -0.2) is 33.6 Å². The summed E-state index contributed by atoms with van der Waals surface area (Å²) in [5, 5.41) is 0. The molecular formula is C19H20O6. The molecule has 25 heavy (non-hydrogen) atoms. The van der Waals surface area contributed by atoms with Crippen molar-refractivity contribution >= 4 is 5.78 Å². The number of methoxy groups -OCH3 is 2. The summed E-state index contributed by atoms with van der Waals surface area (Å²) >= 11 is 0. The van der Waals surface area contributed by atoms with E-state index in [1.807, 2.05) is 24.3 Å². The van der Waals surface area contributed by atoms with Crippen molar-refractivity contribution in [2.45, 2.75) is 12.5 Å². The molecule has 1 aliphatic heterocycles. The molecule has 2 aromatic carbocycles. The monoisotopic (exact) mass is 344 g/mol. The van der Waals surface area contributed by atoms with Crippen molar-refractivity contribution < 1.29 is 28.5 Å². The summed E-state index contributed by atoms with van der Waals surface area (Å²) in [6, 6.07) is 12.8. The summed E-state index contributed by atoms with van der Waals surface area (Å²) in [4.78, 5) is 12.6. The van der Waals surface area contributed by atoms with Gasteiger partial charge in [0.1, 0.15) is 17.2 Å². The van der Waals surface area contributed by atoms with E-state index in [1.54, 1.807) is 25.3 Å². The van der Waals surface area contributed by atoms with Crippen molar-refractivity contribution in [1.29, 1.82) is 0 Å². The van der Waals surface area contributed by atoms with Gasteiger partial charge in [0, 0.05) is 37.8 Å². The van der Waals surface area contributed by atoms with Crippen LogP contribution in [0, 0.1) is 0 Å². The van der Waals surface area contributed by atoms with E-state index in [-0.39, 0.29) is 19.4 Å². The minimum atomic E-state index is -0.724. The van der Waals surface area contributed by atoms with Crippen molar-refractivity contribution in [1.82, 2.24) is 0 Å². The third-order valence-electron chi connectivity index (χ3n) is 3.82. The number of hydrogen-bond acceptors (Lipinski definition) is 6. The number of Topliss-reactive ketones (excluding diaryl/α,β-unsaturated/α-hetero) is 1. The lowest BCUT2D eigenvalue weighted by Gasteiger charge is -2.26. The van der Waals surface area contributed by atoms with Gasteiger partial charge in [0.2, 0.25) is 0 Å². The highest BCUT2D eigenvalue weighted by molar-refractivity contribution is 5.89. The van der Waals surface area contributed by atoms with Crippen molar-refractivity contribution in [2.75, 3.05) is 27.8 Å². The van der Waals surface area contributed by atoms with Gasteiger partial charge in [-0.3, -0.25) is 4.79 Å². The minimum Gasteiger partial charge on any atom is -0.477 e. The minimum absolute atomic E-state index is 0.0217. The zero-order valence-corrected chi connectivity index (χ0v) is 14.2. The molecule has 132 valence electrons. The second-order valence-electron chi connectivity index (χ2n) is 5.55. The summed E-state index contributed by atoms with van der Waals surface area (Å²) in [5.41, 5.74) is 1.53. The molecule has 2 aromatic rings. The number of ether oxygens (including phenoxy) is 5. The Labute approximate surface area is 146 Å². The van der Waals surface area contributed by atoms with Gasteiger partial charge in [0.15, 0.2) is 25.5 Å². The zero-order chi connectivity index (χ0) is 17.6. The average molecular weight is 344 g/mol. The summed E-state index contributed by atoms with van der Waals surface area (Å²) < 4.78 is 26.9. The summed E-state index contributed by atoms with van der Waals surface area (Å²) in [5.74, 6) is 1.74. The van der Waals surface area contributed by atoms with Gasteiger partial charge in [-0.25, -0.2) is 0 Å². The van der Waals surface area contributed by atoms with Crippen LogP contribution in [0.15, 0.2) is 42.5 Å². The van der Waals surface area contributed by atoms with Crippen molar-refractivity contribution in [2.24, 2.45) is 0 Å². The second kappa shape index (κ2) is 8.00. The highest BCUT2D eigenvalue weighted by Crippen LogP contribution is 2.37. The normalized spacial score (nSPS) is 16.1. The lowest BCUT2D eigenvalue weighted by molar-refractivity contribution is -0.126. The number of fused-ring (bicyclic) bond motifs is 1. The molecule has 1 aliphatic rings. The van der Waals surface area contributed by atoms with E-state index >= 15 is 0 Å². The Morgan fingerprint density at radius 2 is 1.80 bits per heavy atom. The predicted molar refractivity (Wildman–Crippen MR) is 90.0 cm³/mol. The first-order chi connectivity index (χ1) is 12.2. The summed E-state index contributed by atoms with van der Waals surface area (Å²) in [7, 11) is 3.08. The van der Waals surface area contributed by atoms with Crippen LogP contribution in [0.2, 0.25) is 0 Å². The molecule has 1 unspecified atom stereocenters. The smallest absolute Gasteiger partial charge is 0.188 e. The maximum absolute atomic E-state index is 12.6. The first-order valence-corrected chi connectivity index (χ1v) is 7.87. The molecule has 1 atom stereocenters. The van der Waals surface area contributed by atoms with Gasteiger partial charge >= 0.3 is 0 Å². The van der Waals surface area contributed by atoms with Crippen molar-refractivity contribution in [3.8, 4) is 17.2 Å². The van der Waals surface area contributed by atoms with E-state index in [2.05, 4.69) is 0 Å². The van der Waals surface area contributed by atoms with E-state index in [9.17, 15) is 4.79 Å². The predicted octanol–water partition coefficient (Wildman–Crippen LogP) is 2.90. The number of hydrogen-bond donors (Lipinski definition) is 0. The highest BCUT2D eigenvalue weighted by Gasteiger charge is 2.31. The fourth-order valence-corrected chi connectivity index (χ4v) is 2.67. The van der Waals surface area contributed by atoms with Gasteiger partial charge in [0.05, 0.1) is 0 Å². The first-order valence-electron chi connectivity index (χ1n) is 7.87. The zero-order valence-electron chi connectivity index (χ0n) is 14.2. The maximum atomic E-state index is 12.6. The van der Waals surface area contributed by atoms with E-state index in [0.717, 1.165) is 5.56 Å². The van der Waals surface area contributed by atoms with Crippen LogP contribution in [0.25, 0.3) is 0 Å². The molecule has 6 nitrogen and oxygen atoms in total. The molecule has 0 N–H and O–H groups in total. The van der Waals surface area contributed by atoms with Gasteiger partial charge in [-0.05, 0) is 18.2 Å². The number of carbonyl (C=O) groups is 1. The summed E-state index contributed by atoms with van der Waals surface area (Å²) in [6.07, 6.45) is -0.398. The summed E-state index contributed by atoms with van der Waals surface area (Å²) in [6.45, 7) is 0.174. The van der Waals surface area contributed by atoms with Crippen molar-refractivity contribution in [3.05, 3.63) is 53.6 Å². The molecule has 3 rings (SSSR count). The van der Waals surface area contributed by atoms with E-state index in [4.69, 9.17) is 23.7 Å². The Bertz CT molecular complexity index is 742. The molecule has 0 amide bonds. The molecule has 0 spiro atoms. The molecule has 0 fully saturated rings. The molecule has 0 saturated carbocycles. The van der Waals surface area contributed by atoms with E-state index in [0.29, 0.717) is 29.2 Å². The standard InChI is InChI=1S/C19H20O6/c1-21-11-23-14-7-8-15(18(10-14)24-12-22-2)19-16(20)9-13-5-3-4-6-17(13)25-19/h3-8,10,19H,9,11-12H2,1-2H3. The van der Waals surface area contributed by atoms with Gasteiger partial charge in [-0.15, -0.1) is 0 Å². The lowest BCUT2D eigenvalue weighted by atomic mass is 9.95. The lowest BCUT2D eigenvalue weighted by Crippen LogP contribution is -2.26. The Morgan fingerprint density at radius 1 is 1.04 bits per heavy atom. The Balaban J connectivity index is 1.91. The number of rotatable bonds is 7. The number of ketones is 1. The largest absolute Gasteiger partial charge is 0.477 e. The van der Waals surface area contributed by atoms with E-state index < -0.39 is 6.10 Å². The average Bonchev–Trinajstić information content (AvgIpc) is 2.64. The van der Waals surface area contributed by atoms with Crippen LogP contribution in [0.1, 0.15) is 17.2 Å². The Hall–Kier alpha value is -2.57. The van der Waals surface area contributed by atoms with Crippen LogP contribution < -0.4 is 14.2 Å². The fraction of sp³-hybridized carbons (Fsp3) is 0.316. The maximum Gasteiger partial charge on any atom is 0.188 e. The SMILES string of the molecule is COCOc1ccc(C2Oc3ccccc3CC2=O)c(OCOC)c1. The van der Waals surface area contributed by atoms with Crippen LogP contribution in [-0.2, 0) is 20.7 Å². The topological polar surface area (TPSA) is 63.2 Å². The molecular weight excluding hydrogens is 324 g/mol. The van der Waals surface area contributed by atoms with Crippen LogP contribution in [0.5, 0.6) is 17.2 Å². The Kier molecular flexibility index (Phi) is 5.53. The number of benzene rings is 2. The third-order valence-corrected chi connectivity index (χ3v) is 3.82. The van der Waals surface area contributed by atoms with Gasteiger partial charge in [-0.1, -0.05) is 18.2 Å². The quantitative estimate of drug-likeness (QED) is 0.720. The number of carbonyl (C=O) groups excluding carboxylic acids is 1. The van der Waals surface area contributed by atoms with Gasteiger partial charge in [-0.2, -0.15) is 0 Å². The van der Waals surface area contributed by atoms with Gasteiger partial charge < -0.3 is 23.7 Å². The first kappa shape index (κ1) is 17.3. The van der Waals surface area contributed by atoms with Crippen LogP contribution in [0.3, 0.4) is 0 Å². The molecule has 0 radical (unpaired) electrons. The Morgan fingerprint density at radius 3 is 2.60 bits per heavy atom. The highest BCUT2D eigenvalue weighted by atomic mass is 16.7. The molecule has 0 saturated heterocycles. The van der Waals surface area contributed by atoms with E-state index in [1.165, 1.54) is 7.11 Å². The molecule has 0 aliphatic carbocycles. The third kappa shape index (κ3) is 3.92. The molecule has 6 heteroatoms. The van der Waals surface area contributed by atoms with Crippen molar-refractivity contribution in [3.63, 3.8) is 0 Å².